The van der Waals surface area contributed by atoms with Gasteiger partial charge >= 0.3 is 0 Å². The fourth-order valence-electron chi connectivity index (χ4n) is 6.04. The van der Waals surface area contributed by atoms with Crippen molar-refractivity contribution in [2.75, 3.05) is 4.90 Å². The lowest BCUT2D eigenvalue weighted by Crippen LogP contribution is -2.57. The molecule has 0 saturated carbocycles. The van der Waals surface area contributed by atoms with Crippen LogP contribution in [0, 0.1) is 33.3 Å². The monoisotopic (exact) mass is 421 g/mol. The van der Waals surface area contributed by atoms with Gasteiger partial charge in [-0.15, -0.1) is 0 Å². The first-order chi connectivity index (χ1) is 15.5. The summed E-state index contributed by atoms with van der Waals surface area (Å²) in [5.41, 5.74) is 0.825. The number of hydrogen-bond acceptors (Lipinski definition) is 5. The number of nitrogens with zero attached hydrogens (tertiary/aromatic N) is 3. The highest BCUT2D eigenvalue weighted by atomic mass is 16.6. The molecule has 154 valence electrons. The van der Waals surface area contributed by atoms with E-state index in [2.05, 4.69) is 0 Å². The molecule has 7 rings (SSSR count). The van der Waals surface area contributed by atoms with Crippen molar-refractivity contribution >= 4 is 17.5 Å². The first-order valence-corrected chi connectivity index (χ1v) is 10.2. The molecule has 1 aliphatic heterocycles. The van der Waals surface area contributed by atoms with E-state index in [1.54, 1.807) is 48.5 Å². The van der Waals surface area contributed by atoms with Crippen molar-refractivity contribution in [2.24, 2.45) is 11.8 Å². The molecule has 2 atom stereocenters. The molecular formula is C25H15N3O4. The first kappa shape index (κ1) is 18.5. The highest BCUT2D eigenvalue weighted by Crippen LogP contribution is 2.64. The highest BCUT2D eigenvalue weighted by molar-refractivity contribution is 6.24. The lowest BCUT2D eigenvalue weighted by molar-refractivity contribution is -0.578. The standard InChI is InChI=1S/C25H15N3O4/c26-13-14-7-1-6-12-19(14)27-23(29)21-20-15-8-2-4-10-17(15)25(28(31)32,22(21)24(27)30)18-11-5-3-9-16(18)20/h1-12,20-22H/t20?,21-,22-,25?/m1/s1. The van der Waals surface area contributed by atoms with E-state index in [4.69, 9.17) is 0 Å². The highest BCUT2D eigenvalue weighted by Gasteiger charge is 2.74. The lowest BCUT2D eigenvalue weighted by atomic mass is 9.51. The Bertz CT molecular complexity index is 1360. The van der Waals surface area contributed by atoms with Crippen LogP contribution in [0.2, 0.25) is 0 Å². The average molecular weight is 421 g/mol. The third kappa shape index (κ3) is 1.90. The number of anilines is 1. The van der Waals surface area contributed by atoms with E-state index in [0.29, 0.717) is 22.3 Å². The maximum atomic E-state index is 13.8. The number of para-hydroxylation sites is 1. The van der Waals surface area contributed by atoms with E-state index >= 15 is 0 Å². The summed E-state index contributed by atoms with van der Waals surface area (Å²) >= 11 is 0. The minimum atomic E-state index is -1.87. The van der Waals surface area contributed by atoms with Gasteiger partial charge in [0.05, 0.1) is 17.2 Å². The molecule has 7 nitrogen and oxygen atoms in total. The van der Waals surface area contributed by atoms with Gasteiger partial charge in [0.1, 0.15) is 12.0 Å². The quantitative estimate of drug-likeness (QED) is 0.359. The topological polar surface area (TPSA) is 104 Å². The molecule has 0 aromatic heterocycles. The van der Waals surface area contributed by atoms with E-state index < -0.39 is 40.0 Å². The van der Waals surface area contributed by atoms with Gasteiger partial charge in [-0.2, -0.15) is 5.26 Å². The van der Waals surface area contributed by atoms with Crippen molar-refractivity contribution in [3.63, 3.8) is 0 Å². The third-order valence-corrected chi connectivity index (χ3v) is 7.13. The number of hydrogen-bond donors (Lipinski definition) is 0. The van der Waals surface area contributed by atoms with Gasteiger partial charge in [0.15, 0.2) is 0 Å². The molecule has 7 heteroatoms. The van der Waals surface area contributed by atoms with Crippen molar-refractivity contribution in [3.8, 4) is 6.07 Å². The van der Waals surface area contributed by atoms with Crippen LogP contribution in [0.3, 0.4) is 0 Å². The Hall–Kier alpha value is -4.31. The fraction of sp³-hybridized carbons (Fsp3) is 0.160. The molecule has 3 aromatic carbocycles. The zero-order chi connectivity index (χ0) is 22.2. The molecule has 0 spiro atoms. The Morgan fingerprint density at radius 1 is 0.875 bits per heavy atom. The molecular weight excluding hydrogens is 406 g/mol. The molecule has 0 unspecified atom stereocenters. The zero-order valence-corrected chi connectivity index (χ0v) is 16.6. The fourth-order valence-corrected chi connectivity index (χ4v) is 6.04. The summed E-state index contributed by atoms with van der Waals surface area (Å²) in [5.74, 6) is -3.70. The van der Waals surface area contributed by atoms with Gasteiger partial charge in [-0.3, -0.25) is 19.7 Å². The largest absolute Gasteiger partial charge is 0.285 e. The maximum absolute atomic E-state index is 13.8. The van der Waals surface area contributed by atoms with Gasteiger partial charge < -0.3 is 0 Å². The van der Waals surface area contributed by atoms with Gasteiger partial charge in [0, 0.05) is 22.0 Å². The van der Waals surface area contributed by atoms with Crippen LogP contribution in [-0.2, 0) is 15.1 Å². The van der Waals surface area contributed by atoms with E-state index in [1.807, 2.05) is 18.2 Å². The summed E-state index contributed by atoms with van der Waals surface area (Å²) in [5, 5.41) is 22.4. The summed E-state index contributed by atoms with van der Waals surface area (Å²) in [6, 6.07) is 22.4. The average Bonchev–Trinajstić information content (AvgIpc) is 3.09. The van der Waals surface area contributed by atoms with E-state index in [1.165, 1.54) is 12.1 Å². The normalized spacial score (nSPS) is 26.8. The van der Waals surface area contributed by atoms with Crippen LogP contribution >= 0.6 is 0 Å². The van der Waals surface area contributed by atoms with E-state index in [9.17, 15) is 25.0 Å². The second-order valence-corrected chi connectivity index (χ2v) is 8.32. The molecule has 3 aromatic rings. The lowest BCUT2D eigenvalue weighted by Gasteiger charge is -2.48. The van der Waals surface area contributed by atoms with Crippen LogP contribution in [0.4, 0.5) is 5.69 Å². The van der Waals surface area contributed by atoms with Crippen LogP contribution in [0.5, 0.6) is 0 Å². The first-order valence-electron chi connectivity index (χ1n) is 10.2. The molecule has 1 fully saturated rings. The number of imide groups is 1. The predicted molar refractivity (Wildman–Crippen MR) is 113 cm³/mol. The van der Waals surface area contributed by atoms with Gasteiger partial charge in [-0.1, -0.05) is 60.7 Å². The Kier molecular flexibility index (Phi) is 3.52. The number of amides is 2. The summed E-state index contributed by atoms with van der Waals surface area (Å²) in [7, 11) is 0. The van der Waals surface area contributed by atoms with Gasteiger partial charge in [-0.05, 0) is 23.3 Å². The Morgan fingerprint density at radius 2 is 1.44 bits per heavy atom. The number of nitriles is 1. The van der Waals surface area contributed by atoms with Crippen molar-refractivity contribution in [2.45, 2.75) is 11.5 Å². The second-order valence-electron chi connectivity index (χ2n) is 8.32. The molecule has 32 heavy (non-hydrogen) atoms. The SMILES string of the molecule is N#Cc1ccccc1N1C(=O)[C@@H]2C3c4ccccc4C([N+](=O)[O-])(c4ccccc43)[C@H]2C1=O. The smallest absolute Gasteiger partial charge is 0.274 e. The molecule has 3 aliphatic carbocycles. The van der Waals surface area contributed by atoms with Crippen molar-refractivity contribution in [3.05, 3.63) is 111 Å². The molecule has 2 amide bonds. The minimum absolute atomic E-state index is 0.172. The van der Waals surface area contributed by atoms with Crippen molar-refractivity contribution in [1.82, 2.24) is 0 Å². The molecule has 0 N–H and O–H groups in total. The molecule has 2 bridgehead atoms. The zero-order valence-electron chi connectivity index (χ0n) is 16.6. The number of carbonyl (C=O) groups excluding carboxylic acids is 2. The summed E-state index contributed by atoms with van der Waals surface area (Å²) in [6.07, 6.45) is 0. The number of rotatable bonds is 2. The summed E-state index contributed by atoms with van der Waals surface area (Å²) < 4.78 is 0. The third-order valence-electron chi connectivity index (χ3n) is 7.13. The number of nitro groups is 1. The Morgan fingerprint density at radius 3 is 2.03 bits per heavy atom. The van der Waals surface area contributed by atoms with Crippen molar-refractivity contribution in [1.29, 1.82) is 5.26 Å². The maximum Gasteiger partial charge on any atom is 0.285 e. The molecule has 1 saturated heterocycles. The molecule has 0 radical (unpaired) electrons. The summed E-state index contributed by atoms with van der Waals surface area (Å²) in [4.78, 5) is 41.1. The van der Waals surface area contributed by atoms with Gasteiger partial charge in [0.2, 0.25) is 11.8 Å². The van der Waals surface area contributed by atoms with E-state index in [0.717, 1.165) is 4.90 Å². The van der Waals surface area contributed by atoms with Crippen LogP contribution in [0.1, 0.15) is 33.7 Å². The number of carbonyl (C=O) groups is 2. The molecule has 4 aliphatic rings. The van der Waals surface area contributed by atoms with Crippen molar-refractivity contribution < 1.29 is 14.5 Å². The Balaban J connectivity index is 1.69. The second kappa shape index (κ2) is 6.11. The van der Waals surface area contributed by atoms with Gasteiger partial charge in [-0.25, -0.2) is 4.90 Å². The minimum Gasteiger partial charge on any atom is -0.274 e. The summed E-state index contributed by atoms with van der Waals surface area (Å²) in [6.45, 7) is 0. The van der Waals surface area contributed by atoms with Crippen LogP contribution in [-0.4, -0.2) is 16.7 Å². The van der Waals surface area contributed by atoms with E-state index in [-0.39, 0.29) is 11.3 Å². The Labute approximate surface area is 182 Å². The van der Waals surface area contributed by atoms with Crippen LogP contribution in [0.15, 0.2) is 72.8 Å². The molecule has 1 heterocycles. The van der Waals surface area contributed by atoms with Crippen LogP contribution in [0.25, 0.3) is 0 Å². The van der Waals surface area contributed by atoms with Crippen LogP contribution < -0.4 is 4.90 Å². The van der Waals surface area contributed by atoms with Gasteiger partial charge in [0.25, 0.3) is 5.54 Å². The number of benzene rings is 3. The predicted octanol–water partition coefficient (Wildman–Crippen LogP) is 3.34.